The number of anilines is 1. The summed E-state index contributed by atoms with van der Waals surface area (Å²) in [4.78, 5) is 41.7. The van der Waals surface area contributed by atoms with Crippen LogP contribution in [0.2, 0.25) is 0 Å². The fraction of sp³-hybridized carbons (Fsp3) is 0.286. The Morgan fingerprint density at radius 1 is 1.11 bits per heavy atom. The van der Waals surface area contributed by atoms with Gasteiger partial charge in [-0.25, -0.2) is 4.79 Å². The summed E-state index contributed by atoms with van der Waals surface area (Å²) in [5.74, 6) is -0.657. The minimum Gasteiger partial charge on any atom is -0.465 e. The van der Waals surface area contributed by atoms with Crippen LogP contribution in [0.4, 0.5) is 5.69 Å². The Kier molecular flexibility index (Phi) is 4.39. The maximum atomic E-state index is 13.3. The van der Waals surface area contributed by atoms with E-state index in [4.69, 9.17) is 4.74 Å². The average Bonchev–Trinajstić information content (AvgIpc) is 3.18. The Bertz CT molecular complexity index is 924. The lowest BCUT2D eigenvalue weighted by Crippen LogP contribution is -2.44. The number of ether oxygens (including phenoxy) is 1. The van der Waals surface area contributed by atoms with E-state index in [-0.39, 0.29) is 18.4 Å². The molecule has 1 saturated heterocycles. The van der Waals surface area contributed by atoms with Crippen LogP contribution in [0, 0.1) is 0 Å². The van der Waals surface area contributed by atoms with E-state index < -0.39 is 12.0 Å². The molecule has 0 spiro atoms. The Labute approximate surface area is 157 Å². The second kappa shape index (κ2) is 6.87. The molecule has 2 aliphatic heterocycles. The summed E-state index contributed by atoms with van der Waals surface area (Å²) in [6.07, 6.45) is 1.48. The number of carbonyl (C=O) groups excluding carboxylic acids is 3. The van der Waals surface area contributed by atoms with Gasteiger partial charge in [-0.15, -0.1) is 0 Å². The molecule has 2 aromatic rings. The number of rotatable bonds is 3. The fourth-order valence-corrected chi connectivity index (χ4v) is 3.91. The Hall–Kier alpha value is -3.15. The van der Waals surface area contributed by atoms with Gasteiger partial charge in [-0.1, -0.05) is 30.3 Å². The van der Waals surface area contributed by atoms with Crippen molar-refractivity contribution < 1.29 is 19.1 Å². The standard InChI is InChI=1S/C21H20N2O4/c1-27-21(26)15-8-3-2-7-14(15)13-23-17-10-5-4-9-16(17)19(24)22-12-6-11-18(22)20(23)25/h2-5,7-10,18H,6,11-13H2,1H3. The molecule has 0 radical (unpaired) electrons. The highest BCUT2D eigenvalue weighted by Crippen LogP contribution is 2.33. The Morgan fingerprint density at radius 3 is 2.67 bits per heavy atom. The minimum absolute atomic E-state index is 0.106. The van der Waals surface area contributed by atoms with E-state index in [1.165, 1.54) is 7.11 Å². The molecule has 27 heavy (non-hydrogen) atoms. The number of hydrogen-bond acceptors (Lipinski definition) is 4. The van der Waals surface area contributed by atoms with Crippen LogP contribution in [0.1, 0.15) is 39.1 Å². The molecule has 138 valence electrons. The van der Waals surface area contributed by atoms with E-state index in [9.17, 15) is 14.4 Å². The highest BCUT2D eigenvalue weighted by Gasteiger charge is 2.42. The molecule has 4 rings (SSSR count). The predicted molar refractivity (Wildman–Crippen MR) is 99.5 cm³/mol. The third-order valence-corrected chi connectivity index (χ3v) is 5.24. The van der Waals surface area contributed by atoms with Gasteiger partial charge < -0.3 is 14.5 Å². The number of esters is 1. The van der Waals surface area contributed by atoms with Crippen molar-refractivity contribution in [3.05, 3.63) is 65.2 Å². The highest BCUT2D eigenvalue weighted by atomic mass is 16.5. The van der Waals surface area contributed by atoms with Crippen LogP contribution in [0.5, 0.6) is 0 Å². The number of amides is 2. The number of methoxy groups -OCH3 is 1. The normalized spacial score (nSPS) is 18.8. The topological polar surface area (TPSA) is 66.9 Å². The summed E-state index contributed by atoms with van der Waals surface area (Å²) >= 11 is 0. The number of carbonyl (C=O) groups is 3. The molecule has 6 heteroatoms. The smallest absolute Gasteiger partial charge is 0.338 e. The van der Waals surface area contributed by atoms with E-state index in [0.29, 0.717) is 35.3 Å². The van der Waals surface area contributed by atoms with E-state index in [1.807, 2.05) is 12.1 Å². The van der Waals surface area contributed by atoms with Crippen LogP contribution in [0.25, 0.3) is 0 Å². The summed E-state index contributed by atoms with van der Waals surface area (Å²) in [5.41, 5.74) is 2.21. The van der Waals surface area contributed by atoms with Crippen molar-refractivity contribution in [3.8, 4) is 0 Å². The van der Waals surface area contributed by atoms with Gasteiger partial charge in [-0.05, 0) is 36.6 Å². The first kappa shape index (κ1) is 17.3. The second-order valence-electron chi connectivity index (χ2n) is 6.75. The molecular formula is C21H20N2O4. The van der Waals surface area contributed by atoms with E-state index in [1.54, 1.807) is 46.2 Å². The highest BCUT2D eigenvalue weighted by molar-refractivity contribution is 6.11. The van der Waals surface area contributed by atoms with E-state index >= 15 is 0 Å². The number of benzene rings is 2. The zero-order valence-corrected chi connectivity index (χ0v) is 15.1. The van der Waals surface area contributed by atoms with Crippen molar-refractivity contribution in [3.63, 3.8) is 0 Å². The SMILES string of the molecule is COC(=O)c1ccccc1CN1C(=O)C2CCCN2C(=O)c2ccccc21. The maximum absolute atomic E-state index is 13.3. The number of para-hydroxylation sites is 1. The van der Waals surface area contributed by atoms with Crippen LogP contribution >= 0.6 is 0 Å². The lowest BCUT2D eigenvalue weighted by Gasteiger charge is -2.26. The molecule has 0 bridgehead atoms. The van der Waals surface area contributed by atoms with Crippen molar-refractivity contribution in [2.45, 2.75) is 25.4 Å². The Morgan fingerprint density at radius 2 is 1.85 bits per heavy atom. The van der Waals surface area contributed by atoms with Gasteiger partial charge in [0, 0.05) is 6.54 Å². The first-order valence-electron chi connectivity index (χ1n) is 8.99. The van der Waals surface area contributed by atoms with Gasteiger partial charge >= 0.3 is 5.97 Å². The van der Waals surface area contributed by atoms with Crippen LogP contribution in [0.3, 0.4) is 0 Å². The van der Waals surface area contributed by atoms with Crippen LogP contribution in [-0.4, -0.2) is 42.4 Å². The molecule has 2 heterocycles. The van der Waals surface area contributed by atoms with Crippen molar-refractivity contribution in [1.82, 2.24) is 4.90 Å². The fourth-order valence-electron chi connectivity index (χ4n) is 3.91. The number of hydrogen-bond donors (Lipinski definition) is 0. The summed E-state index contributed by atoms with van der Waals surface area (Å²) < 4.78 is 4.87. The van der Waals surface area contributed by atoms with E-state index in [2.05, 4.69) is 0 Å². The molecule has 1 atom stereocenters. The average molecular weight is 364 g/mol. The quantitative estimate of drug-likeness (QED) is 0.786. The molecule has 1 fully saturated rings. The maximum Gasteiger partial charge on any atom is 0.338 e. The summed E-state index contributed by atoms with van der Waals surface area (Å²) in [5, 5.41) is 0. The summed E-state index contributed by atoms with van der Waals surface area (Å²) in [6.45, 7) is 0.800. The molecule has 2 aromatic carbocycles. The Balaban J connectivity index is 1.80. The van der Waals surface area contributed by atoms with E-state index in [0.717, 1.165) is 6.42 Å². The molecule has 0 aromatic heterocycles. The first-order valence-corrected chi connectivity index (χ1v) is 8.99. The lowest BCUT2D eigenvalue weighted by atomic mass is 10.1. The molecule has 0 N–H and O–H groups in total. The molecule has 0 saturated carbocycles. The second-order valence-corrected chi connectivity index (χ2v) is 6.75. The minimum atomic E-state index is -0.449. The van der Waals surface area contributed by atoms with Crippen molar-refractivity contribution in [1.29, 1.82) is 0 Å². The number of fused-ring (bicyclic) bond motifs is 2. The van der Waals surface area contributed by atoms with Gasteiger partial charge in [-0.2, -0.15) is 0 Å². The zero-order valence-electron chi connectivity index (χ0n) is 15.1. The monoisotopic (exact) mass is 364 g/mol. The molecular weight excluding hydrogens is 344 g/mol. The van der Waals surface area contributed by atoms with Gasteiger partial charge in [-0.3, -0.25) is 9.59 Å². The first-order chi connectivity index (χ1) is 13.1. The molecule has 2 amide bonds. The van der Waals surface area contributed by atoms with Crippen LogP contribution < -0.4 is 4.90 Å². The third kappa shape index (κ3) is 2.87. The molecule has 2 aliphatic rings. The van der Waals surface area contributed by atoms with Crippen molar-refractivity contribution >= 4 is 23.5 Å². The van der Waals surface area contributed by atoms with Gasteiger partial charge in [0.15, 0.2) is 0 Å². The van der Waals surface area contributed by atoms with Gasteiger partial charge in [0.1, 0.15) is 6.04 Å². The van der Waals surface area contributed by atoms with Crippen molar-refractivity contribution in [2.75, 3.05) is 18.6 Å². The van der Waals surface area contributed by atoms with Crippen LogP contribution in [-0.2, 0) is 16.1 Å². The van der Waals surface area contributed by atoms with Crippen LogP contribution in [0.15, 0.2) is 48.5 Å². The molecule has 1 unspecified atom stereocenters. The predicted octanol–water partition coefficient (Wildman–Crippen LogP) is 2.62. The zero-order chi connectivity index (χ0) is 19.0. The molecule has 0 aliphatic carbocycles. The van der Waals surface area contributed by atoms with Gasteiger partial charge in [0.25, 0.3) is 5.91 Å². The molecule has 6 nitrogen and oxygen atoms in total. The number of nitrogens with zero attached hydrogens (tertiary/aromatic N) is 2. The summed E-state index contributed by atoms with van der Waals surface area (Å²) in [7, 11) is 1.33. The van der Waals surface area contributed by atoms with Gasteiger partial charge in [0.05, 0.1) is 30.5 Å². The summed E-state index contributed by atoms with van der Waals surface area (Å²) in [6, 6.07) is 13.8. The van der Waals surface area contributed by atoms with Crippen molar-refractivity contribution in [2.24, 2.45) is 0 Å². The lowest BCUT2D eigenvalue weighted by molar-refractivity contribution is -0.122. The van der Waals surface area contributed by atoms with Gasteiger partial charge in [0.2, 0.25) is 5.91 Å². The largest absolute Gasteiger partial charge is 0.465 e. The third-order valence-electron chi connectivity index (χ3n) is 5.24.